The van der Waals surface area contributed by atoms with Crippen LogP contribution in [-0.4, -0.2) is 32.1 Å². The lowest BCUT2D eigenvalue weighted by molar-refractivity contribution is 0.223. The molecule has 0 aliphatic carbocycles. The van der Waals surface area contributed by atoms with E-state index in [0.29, 0.717) is 6.04 Å². The van der Waals surface area contributed by atoms with Crippen LogP contribution in [0, 0.1) is 5.92 Å². The van der Waals surface area contributed by atoms with Crippen LogP contribution in [0.2, 0.25) is 0 Å². The van der Waals surface area contributed by atoms with Crippen LogP contribution in [0.15, 0.2) is 28.7 Å². The van der Waals surface area contributed by atoms with E-state index in [2.05, 4.69) is 64.5 Å². The average molecular weight is 283 g/mol. The van der Waals surface area contributed by atoms with Crippen molar-refractivity contribution in [3.63, 3.8) is 0 Å². The molecule has 3 heteroatoms. The van der Waals surface area contributed by atoms with Crippen molar-refractivity contribution in [2.75, 3.05) is 27.2 Å². The molecule has 0 spiro atoms. The molecule has 88 valence electrons. The Bertz CT molecular complexity index is 346. The summed E-state index contributed by atoms with van der Waals surface area (Å²) >= 11 is 3.55. The van der Waals surface area contributed by atoms with Gasteiger partial charge in [0, 0.05) is 10.5 Å². The fraction of sp³-hybridized carbons (Fsp3) is 0.538. The lowest BCUT2D eigenvalue weighted by atomic mass is 9.91. The maximum absolute atomic E-state index is 3.55. The van der Waals surface area contributed by atoms with Crippen LogP contribution in [-0.2, 0) is 0 Å². The van der Waals surface area contributed by atoms with E-state index < -0.39 is 0 Å². The Balaban J connectivity index is 2.24. The van der Waals surface area contributed by atoms with Gasteiger partial charge in [-0.2, -0.15) is 0 Å². The Morgan fingerprint density at radius 3 is 2.81 bits per heavy atom. The van der Waals surface area contributed by atoms with Gasteiger partial charge >= 0.3 is 0 Å². The first-order valence-corrected chi connectivity index (χ1v) is 6.60. The van der Waals surface area contributed by atoms with Gasteiger partial charge in [0.1, 0.15) is 0 Å². The number of hydrogen-bond acceptors (Lipinski definition) is 2. The quantitative estimate of drug-likeness (QED) is 0.917. The third-order valence-corrected chi connectivity index (χ3v) is 3.78. The van der Waals surface area contributed by atoms with Gasteiger partial charge in [-0.15, -0.1) is 0 Å². The summed E-state index contributed by atoms with van der Waals surface area (Å²) in [6, 6.07) is 9.20. The number of halogens is 1. The predicted octanol–water partition coefficient (Wildman–Crippen LogP) is 2.66. The number of nitrogens with one attached hydrogen (secondary N) is 1. The maximum atomic E-state index is 3.55. The Hall–Kier alpha value is -0.380. The average Bonchev–Trinajstić information content (AvgIpc) is 2.71. The molecule has 1 saturated heterocycles. The van der Waals surface area contributed by atoms with E-state index in [1.54, 1.807) is 0 Å². The summed E-state index contributed by atoms with van der Waals surface area (Å²) in [6.45, 7) is 2.29. The van der Waals surface area contributed by atoms with Gasteiger partial charge in [0.15, 0.2) is 0 Å². The van der Waals surface area contributed by atoms with Gasteiger partial charge in [0.05, 0.1) is 0 Å². The summed E-state index contributed by atoms with van der Waals surface area (Å²) in [7, 11) is 4.34. The van der Waals surface area contributed by atoms with Crippen LogP contribution in [0.5, 0.6) is 0 Å². The summed E-state index contributed by atoms with van der Waals surface area (Å²) in [4.78, 5) is 2.33. The molecule has 0 bridgehead atoms. The molecule has 0 saturated carbocycles. The van der Waals surface area contributed by atoms with Crippen LogP contribution in [0.25, 0.3) is 0 Å². The van der Waals surface area contributed by atoms with Gasteiger partial charge in [-0.3, -0.25) is 0 Å². The van der Waals surface area contributed by atoms with Gasteiger partial charge in [0.2, 0.25) is 0 Å². The summed E-state index contributed by atoms with van der Waals surface area (Å²) in [5.41, 5.74) is 1.41. The highest BCUT2D eigenvalue weighted by molar-refractivity contribution is 9.10. The molecule has 2 atom stereocenters. The minimum absolute atomic E-state index is 0.521. The fourth-order valence-electron chi connectivity index (χ4n) is 2.63. The highest BCUT2D eigenvalue weighted by Crippen LogP contribution is 2.31. The highest BCUT2D eigenvalue weighted by Gasteiger charge is 2.27. The van der Waals surface area contributed by atoms with Crippen molar-refractivity contribution < 1.29 is 0 Å². The normalized spacial score (nSPS) is 22.6. The third-order valence-electron chi connectivity index (χ3n) is 3.29. The van der Waals surface area contributed by atoms with E-state index in [0.717, 1.165) is 19.0 Å². The zero-order valence-electron chi connectivity index (χ0n) is 9.91. The molecular weight excluding hydrogens is 264 g/mol. The largest absolute Gasteiger partial charge is 0.316 e. The van der Waals surface area contributed by atoms with Gasteiger partial charge < -0.3 is 10.2 Å². The Morgan fingerprint density at radius 1 is 1.44 bits per heavy atom. The van der Waals surface area contributed by atoms with Crippen LogP contribution in [0.3, 0.4) is 0 Å². The van der Waals surface area contributed by atoms with Crippen molar-refractivity contribution in [2.45, 2.75) is 12.5 Å². The molecule has 1 aromatic rings. The van der Waals surface area contributed by atoms with E-state index in [-0.39, 0.29) is 0 Å². The molecular formula is C13H19BrN2. The molecule has 2 rings (SSSR count). The van der Waals surface area contributed by atoms with Crippen molar-refractivity contribution in [1.82, 2.24) is 10.2 Å². The lowest BCUT2D eigenvalue weighted by Gasteiger charge is -2.30. The minimum Gasteiger partial charge on any atom is -0.316 e. The summed E-state index contributed by atoms with van der Waals surface area (Å²) in [5, 5.41) is 3.45. The standard InChI is InChI=1S/C13H19BrN2/c1-16(2)13(11-6-7-15-9-11)10-4-3-5-12(14)8-10/h3-5,8,11,13,15H,6-7,9H2,1-2H3. The van der Waals surface area contributed by atoms with Crippen LogP contribution in [0.1, 0.15) is 18.0 Å². The molecule has 2 unspecified atom stereocenters. The molecule has 0 radical (unpaired) electrons. The molecule has 0 aromatic heterocycles. The second-order valence-corrected chi connectivity index (χ2v) is 5.63. The molecule has 1 fully saturated rings. The zero-order valence-corrected chi connectivity index (χ0v) is 11.5. The molecule has 1 aliphatic rings. The topological polar surface area (TPSA) is 15.3 Å². The number of hydrogen-bond donors (Lipinski definition) is 1. The van der Waals surface area contributed by atoms with Crippen molar-refractivity contribution in [3.8, 4) is 0 Å². The smallest absolute Gasteiger partial charge is 0.0383 e. The monoisotopic (exact) mass is 282 g/mol. The van der Waals surface area contributed by atoms with E-state index >= 15 is 0 Å². The Kier molecular flexibility index (Phi) is 4.00. The Morgan fingerprint density at radius 2 is 2.25 bits per heavy atom. The van der Waals surface area contributed by atoms with Crippen LogP contribution >= 0.6 is 15.9 Å². The molecule has 1 aliphatic heterocycles. The Labute approximate surface area is 106 Å². The number of benzene rings is 1. The van der Waals surface area contributed by atoms with E-state index in [1.807, 2.05) is 0 Å². The van der Waals surface area contributed by atoms with Gasteiger partial charge in [-0.25, -0.2) is 0 Å². The first-order valence-electron chi connectivity index (χ1n) is 5.81. The third kappa shape index (κ3) is 2.65. The second kappa shape index (κ2) is 5.30. The fourth-order valence-corrected chi connectivity index (χ4v) is 3.05. The van der Waals surface area contributed by atoms with Gasteiger partial charge in [-0.1, -0.05) is 28.1 Å². The summed E-state index contributed by atoms with van der Waals surface area (Å²) in [5.74, 6) is 0.726. The van der Waals surface area contributed by atoms with Crippen molar-refractivity contribution in [3.05, 3.63) is 34.3 Å². The van der Waals surface area contributed by atoms with E-state index in [9.17, 15) is 0 Å². The first kappa shape index (κ1) is 12.1. The SMILES string of the molecule is CN(C)C(c1cccc(Br)c1)C1CCNC1. The van der Waals surface area contributed by atoms with E-state index in [1.165, 1.54) is 16.5 Å². The molecule has 1 heterocycles. The molecule has 1 N–H and O–H groups in total. The number of rotatable bonds is 3. The number of nitrogens with zero attached hydrogens (tertiary/aromatic N) is 1. The first-order chi connectivity index (χ1) is 7.68. The molecule has 1 aromatic carbocycles. The zero-order chi connectivity index (χ0) is 11.5. The van der Waals surface area contributed by atoms with Crippen LogP contribution in [0.4, 0.5) is 0 Å². The molecule has 0 amide bonds. The van der Waals surface area contributed by atoms with Crippen molar-refractivity contribution >= 4 is 15.9 Å². The van der Waals surface area contributed by atoms with Crippen molar-refractivity contribution in [1.29, 1.82) is 0 Å². The summed E-state index contributed by atoms with van der Waals surface area (Å²) in [6.07, 6.45) is 1.27. The molecule has 16 heavy (non-hydrogen) atoms. The van der Waals surface area contributed by atoms with Gasteiger partial charge in [0.25, 0.3) is 0 Å². The van der Waals surface area contributed by atoms with Crippen molar-refractivity contribution in [2.24, 2.45) is 5.92 Å². The lowest BCUT2D eigenvalue weighted by Crippen LogP contribution is -2.28. The second-order valence-electron chi connectivity index (χ2n) is 4.72. The van der Waals surface area contributed by atoms with E-state index in [4.69, 9.17) is 0 Å². The maximum Gasteiger partial charge on any atom is 0.0383 e. The van der Waals surface area contributed by atoms with Crippen LogP contribution < -0.4 is 5.32 Å². The van der Waals surface area contributed by atoms with Gasteiger partial charge in [-0.05, 0) is 57.2 Å². The molecule has 2 nitrogen and oxygen atoms in total. The minimum atomic E-state index is 0.521. The highest BCUT2D eigenvalue weighted by atomic mass is 79.9. The predicted molar refractivity (Wildman–Crippen MR) is 71.5 cm³/mol. The summed E-state index contributed by atoms with van der Waals surface area (Å²) < 4.78 is 1.17.